The number of aryl methyl sites for hydroxylation is 1. The van der Waals surface area contributed by atoms with E-state index in [0.717, 1.165) is 5.56 Å². The monoisotopic (exact) mass is 308 g/mol. The first-order valence-corrected chi connectivity index (χ1v) is 6.04. The van der Waals surface area contributed by atoms with Crippen LogP contribution in [0, 0.1) is 12.7 Å². The standard InChI is InChI=1S/C13H10BrFN2O/c1-8-2-3-10(15)7-11(8)17-13(18)9-4-5-16-12(14)6-9/h2-7H,1H3,(H,17,18). The van der Waals surface area contributed by atoms with E-state index in [-0.39, 0.29) is 11.7 Å². The number of anilines is 1. The Kier molecular flexibility index (Phi) is 3.72. The van der Waals surface area contributed by atoms with Crippen LogP contribution in [0.3, 0.4) is 0 Å². The van der Waals surface area contributed by atoms with Gasteiger partial charge in [-0.25, -0.2) is 9.37 Å². The van der Waals surface area contributed by atoms with Crippen LogP contribution < -0.4 is 5.32 Å². The minimum atomic E-state index is -0.383. The zero-order valence-electron chi connectivity index (χ0n) is 9.58. The summed E-state index contributed by atoms with van der Waals surface area (Å²) in [6, 6.07) is 7.46. The molecule has 5 heteroatoms. The van der Waals surface area contributed by atoms with E-state index in [0.29, 0.717) is 15.9 Å². The van der Waals surface area contributed by atoms with Crippen molar-refractivity contribution >= 4 is 27.5 Å². The Labute approximate surface area is 112 Å². The first-order chi connectivity index (χ1) is 8.56. The number of pyridine rings is 1. The molecule has 1 aromatic carbocycles. The molecule has 92 valence electrons. The van der Waals surface area contributed by atoms with Gasteiger partial charge in [-0.2, -0.15) is 0 Å². The number of halogens is 2. The van der Waals surface area contributed by atoms with Crippen molar-refractivity contribution in [3.8, 4) is 0 Å². The molecule has 1 aromatic heterocycles. The number of carbonyl (C=O) groups excluding carboxylic acids is 1. The van der Waals surface area contributed by atoms with E-state index >= 15 is 0 Å². The van der Waals surface area contributed by atoms with Crippen LogP contribution in [0.5, 0.6) is 0 Å². The van der Waals surface area contributed by atoms with Crippen LogP contribution in [-0.4, -0.2) is 10.9 Å². The summed E-state index contributed by atoms with van der Waals surface area (Å²) in [6.45, 7) is 1.80. The predicted molar refractivity (Wildman–Crippen MR) is 71.0 cm³/mol. The van der Waals surface area contributed by atoms with Crippen molar-refractivity contribution in [2.24, 2.45) is 0 Å². The Balaban J connectivity index is 2.24. The molecule has 0 atom stereocenters. The summed E-state index contributed by atoms with van der Waals surface area (Å²) in [5.41, 5.74) is 1.73. The smallest absolute Gasteiger partial charge is 0.255 e. The second-order valence-electron chi connectivity index (χ2n) is 3.78. The quantitative estimate of drug-likeness (QED) is 0.862. The molecule has 1 amide bonds. The Morgan fingerprint density at radius 3 is 2.83 bits per heavy atom. The van der Waals surface area contributed by atoms with Gasteiger partial charge in [-0.05, 0) is 52.7 Å². The summed E-state index contributed by atoms with van der Waals surface area (Å²) >= 11 is 3.19. The molecular formula is C13H10BrFN2O. The molecule has 0 aliphatic heterocycles. The summed E-state index contributed by atoms with van der Waals surface area (Å²) in [5, 5.41) is 2.67. The van der Waals surface area contributed by atoms with Crippen molar-refractivity contribution in [3.05, 3.63) is 58.1 Å². The zero-order chi connectivity index (χ0) is 13.1. The predicted octanol–water partition coefficient (Wildman–Crippen LogP) is 3.54. The Morgan fingerprint density at radius 2 is 2.11 bits per heavy atom. The highest BCUT2D eigenvalue weighted by molar-refractivity contribution is 9.10. The Hall–Kier alpha value is -1.75. The fraction of sp³-hybridized carbons (Fsp3) is 0.0769. The summed E-state index contributed by atoms with van der Waals surface area (Å²) in [5.74, 6) is -0.682. The first kappa shape index (κ1) is 12.7. The number of nitrogens with zero attached hydrogens (tertiary/aromatic N) is 1. The van der Waals surface area contributed by atoms with Crippen molar-refractivity contribution in [1.29, 1.82) is 0 Å². The van der Waals surface area contributed by atoms with Gasteiger partial charge in [-0.15, -0.1) is 0 Å². The maximum atomic E-state index is 13.1. The van der Waals surface area contributed by atoms with Crippen molar-refractivity contribution in [2.45, 2.75) is 6.92 Å². The zero-order valence-corrected chi connectivity index (χ0v) is 11.2. The molecule has 3 nitrogen and oxygen atoms in total. The van der Waals surface area contributed by atoms with Gasteiger partial charge in [0, 0.05) is 17.4 Å². The number of hydrogen-bond donors (Lipinski definition) is 1. The lowest BCUT2D eigenvalue weighted by atomic mass is 10.2. The van der Waals surface area contributed by atoms with E-state index < -0.39 is 0 Å². The molecule has 1 heterocycles. The Morgan fingerprint density at radius 1 is 1.33 bits per heavy atom. The van der Waals surface area contributed by atoms with Crippen molar-refractivity contribution < 1.29 is 9.18 Å². The number of benzene rings is 1. The number of carbonyl (C=O) groups is 1. The molecule has 0 unspecified atom stereocenters. The number of aromatic nitrogens is 1. The molecular weight excluding hydrogens is 299 g/mol. The lowest BCUT2D eigenvalue weighted by molar-refractivity contribution is 0.102. The van der Waals surface area contributed by atoms with Crippen LogP contribution in [0.25, 0.3) is 0 Å². The summed E-state index contributed by atoms with van der Waals surface area (Å²) < 4.78 is 13.7. The molecule has 0 radical (unpaired) electrons. The largest absolute Gasteiger partial charge is 0.322 e. The second kappa shape index (κ2) is 5.27. The van der Waals surface area contributed by atoms with Gasteiger partial charge in [0.1, 0.15) is 10.4 Å². The molecule has 0 bridgehead atoms. The second-order valence-corrected chi connectivity index (χ2v) is 4.59. The molecule has 0 spiro atoms. The van der Waals surface area contributed by atoms with E-state index in [1.807, 2.05) is 0 Å². The van der Waals surface area contributed by atoms with Crippen LogP contribution >= 0.6 is 15.9 Å². The molecule has 18 heavy (non-hydrogen) atoms. The van der Waals surface area contributed by atoms with Gasteiger partial charge in [-0.3, -0.25) is 4.79 Å². The number of amides is 1. The van der Waals surface area contributed by atoms with Gasteiger partial charge in [-0.1, -0.05) is 6.07 Å². The van der Waals surface area contributed by atoms with Crippen LogP contribution in [0.4, 0.5) is 10.1 Å². The summed E-state index contributed by atoms with van der Waals surface area (Å²) in [4.78, 5) is 15.9. The van der Waals surface area contributed by atoms with E-state index in [2.05, 4.69) is 26.2 Å². The topological polar surface area (TPSA) is 42.0 Å². The minimum absolute atomic E-state index is 0.299. The molecule has 1 N–H and O–H groups in total. The van der Waals surface area contributed by atoms with E-state index in [4.69, 9.17) is 0 Å². The minimum Gasteiger partial charge on any atom is -0.322 e. The maximum Gasteiger partial charge on any atom is 0.255 e. The van der Waals surface area contributed by atoms with Gasteiger partial charge >= 0.3 is 0 Å². The first-order valence-electron chi connectivity index (χ1n) is 5.25. The van der Waals surface area contributed by atoms with Gasteiger partial charge in [0.25, 0.3) is 5.91 Å². The Bertz CT molecular complexity index is 601. The fourth-order valence-electron chi connectivity index (χ4n) is 1.47. The number of rotatable bonds is 2. The summed E-state index contributed by atoms with van der Waals surface area (Å²) in [7, 11) is 0. The molecule has 0 fully saturated rings. The van der Waals surface area contributed by atoms with Crippen molar-refractivity contribution in [1.82, 2.24) is 4.98 Å². The van der Waals surface area contributed by atoms with Gasteiger partial charge in [0.05, 0.1) is 0 Å². The van der Waals surface area contributed by atoms with Gasteiger partial charge in [0.2, 0.25) is 0 Å². The van der Waals surface area contributed by atoms with Crippen LogP contribution in [-0.2, 0) is 0 Å². The third-order valence-corrected chi connectivity index (χ3v) is 2.87. The van der Waals surface area contributed by atoms with E-state index in [1.165, 1.54) is 18.3 Å². The van der Waals surface area contributed by atoms with Gasteiger partial charge < -0.3 is 5.32 Å². The normalized spacial score (nSPS) is 10.2. The fourth-order valence-corrected chi connectivity index (χ4v) is 1.83. The lowest BCUT2D eigenvalue weighted by Gasteiger charge is -2.08. The summed E-state index contributed by atoms with van der Waals surface area (Å²) in [6.07, 6.45) is 1.53. The van der Waals surface area contributed by atoms with E-state index in [1.54, 1.807) is 25.1 Å². The van der Waals surface area contributed by atoms with Crippen LogP contribution in [0.2, 0.25) is 0 Å². The average molecular weight is 309 g/mol. The van der Waals surface area contributed by atoms with Crippen LogP contribution in [0.15, 0.2) is 41.1 Å². The van der Waals surface area contributed by atoms with Crippen molar-refractivity contribution in [2.75, 3.05) is 5.32 Å². The lowest BCUT2D eigenvalue weighted by Crippen LogP contribution is -2.13. The molecule has 0 saturated heterocycles. The highest BCUT2D eigenvalue weighted by Gasteiger charge is 2.09. The van der Waals surface area contributed by atoms with Crippen LogP contribution in [0.1, 0.15) is 15.9 Å². The van der Waals surface area contributed by atoms with Crippen molar-refractivity contribution in [3.63, 3.8) is 0 Å². The third-order valence-electron chi connectivity index (χ3n) is 2.44. The number of nitrogens with one attached hydrogen (secondary N) is 1. The highest BCUT2D eigenvalue weighted by atomic mass is 79.9. The van der Waals surface area contributed by atoms with E-state index in [9.17, 15) is 9.18 Å². The SMILES string of the molecule is Cc1ccc(F)cc1NC(=O)c1ccnc(Br)c1. The number of hydrogen-bond acceptors (Lipinski definition) is 2. The highest BCUT2D eigenvalue weighted by Crippen LogP contribution is 2.17. The average Bonchev–Trinajstić information content (AvgIpc) is 2.34. The third kappa shape index (κ3) is 2.92. The molecule has 2 rings (SSSR count). The molecule has 0 aliphatic carbocycles. The molecule has 0 aliphatic rings. The molecule has 0 saturated carbocycles. The maximum absolute atomic E-state index is 13.1. The van der Waals surface area contributed by atoms with Gasteiger partial charge in [0.15, 0.2) is 0 Å². The molecule has 2 aromatic rings.